The number of nitrogens with one attached hydrogen (secondary N) is 1. The first-order chi connectivity index (χ1) is 8.11. The average Bonchev–Trinajstić information content (AvgIpc) is 2.34. The largest absolute Gasteiger partial charge is 0.497 e. The maximum absolute atomic E-state index is 11.4. The molecule has 0 saturated carbocycles. The molecule has 0 bridgehead atoms. The Bertz CT molecular complexity index is 638. The quantitative estimate of drug-likeness (QED) is 0.831. The number of H-pyrrole nitrogens is 1. The predicted molar refractivity (Wildman–Crippen MR) is 64.3 cm³/mol. The minimum absolute atomic E-state index is 0.404. The van der Waals surface area contributed by atoms with Gasteiger partial charge in [-0.25, -0.2) is 4.79 Å². The molecule has 2 aromatic rings. The van der Waals surface area contributed by atoms with Crippen LogP contribution in [0.2, 0.25) is 0 Å². The van der Waals surface area contributed by atoms with E-state index in [-0.39, 0.29) is 0 Å². The molecule has 0 amide bonds. The molecular formula is C12H12N2O3. The number of rotatable bonds is 2. The summed E-state index contributed by atoms with van der Waals surface area (Å²) in [5.41, 5.74) is 0.528. The Labute approximate surface area is 97.3 Å². The van der Waals surface area contributed by atoms with Crippen LogP contribution in [0, 0.1) is 0 Å². The summed E-state index contributed by atoms with van der Waals surface area (Å²) in [6.07, 6.45) is 0. The van der Waals surface area contributed by atoms with E-state index >= 15 is 0 Å². The third-order valence-electron chi connectivity index (χ3n) is 2.55. The van der Waals surface area contributed by atoms with E-state index in [0.29, 0.717) is 5.69 Å². The number of ether oxygens (including phenoxy) is 1. The smallest absolute Gasteiger partial charge is 0.328 e. The van der Waals surface area contributed by atoms with Crippen LogP contribution in [-0.4, -0.2) is 16.7 Å². The van der Waals surface area contributed by atoms with E-state index in [4.69, 9.17) is 4.74 Å². The number of aromatic nitrogens is 2. The highest BCUT2D eigenvalue weighted by molar-refractivity contribution is 5.60. The molecule has 0 unspecified atom stereocenters. The Kier molecular flexibility index (Phi) is 2.82. The van der Waals surface area contributed by atoms with Gasteiger partial charge in [-0.1, -0.05) is 0 Å². The molecule has 5 nitrogen and oxygen atoms in total. The molecule has 0 spiro atoms. The topological polar surface area (TPSA) is 64.1 Å². The molecule has 0 aliphatic heterocycles. The van der Waals surface area contributed by atoms with Gasteiger partial charge in [-0.2, -0.15) is 0 Å². The summed E-state index contributed by atoms with van der Waals surface area (Å²) in [6.45, 7) is 0. The molecule has 1 N–H and O–H groups in total. The molecular weight excluding hydrogens is 220 g/mol. The minimum atomic E-state index is -0.427. The van der Waals surface area contributed by atoms with Gasteiger partial charge in [-0.3, -0.25) is 14.3 Å². The summed E-state index contributed by atoms with van der Waals surface area (Å²) < 4.78 is 6.44. The second-order valence-electron chi connectivity index (χ2n) is 3.61. The number of aromatic amines is 1. The number of hydrogen-bond acceptors (Lipinski definition) is 3. The van der Waals surface area contributed by atoms with E-state index in [1.54, 1.807) is 38.4 Å². The SMILES string of the molecule is COc1ccc(-c2cc(=O)[nH]c(=O)n2C)cc1. The van der Waals surface area contributed by atoms with Gasteiger partial charge in [-0.15, -0.1) is 0 Å². The van der Waals surface area contributed by atoms with E-state index in [9.17, 15) is 9.59 Å². The van der Waals surface area contributed by atoms with E-state index in [0.717, 1.165) is 11.3 Å². The van der Waals surface area contributed by atoms with Crippen LogP contribution in [0.15, 0.2) is 39.9 Å². The first-order valence-corrected chi connectivity index (χ1v) is 5.06. The van der Waals surface area contributed by atoms with Crippen molar-refractivity contribution in [3.63, 3.8) is 0 Å². The second kappa shape index (κ2) is 4.29. The summed E-state index contributed by atoms with van der Waals surface area (Å²) in [5.74, 6) is 0.726. The van der Waals surface area contributed by atoms with Gasteiger partial charge in [0.1, 0.15) is 5.75 Å². The fourth-order valence-electron chi connectivity index (χ4n) is 1.59. The summed E-state index contributed by atoms with van der Waals surface area (Å²) >= 11 is 0. The summed E-state index contributed by atoms with van der Waals surface area (Å²) in [7, 11) is 3.19. The third kappa shape index (κ3) is 2.13. The molecule has 0 atom stereocenters. The maximum atomic E-state index is 11.4. The van der Waals surface area contributed by atoms with Gasteiger partial charge in [0.05, 0.1) is 12.8 Å². The lowest BCUT2D eigenvalue weighted by Gasteiger charge is -2.07. The van der Waals surface area contributed by atoms with Crippen molar-refractivity contribution in [2.24, 2.45) is 7.05 Å². The van der Waals surface area contributed by atoms with E-state index in [2.05, 4.69) is 4.98 Å². The lowest BCUT2D eigenvalue weighted by atomic mass is 10.1. The fourth-order valence-corrected chi connectivity index (χ4v) is 1.59. The molecule has 0 aliphatic rings. The summed E-state index contributed by atoms with van der Waals surface area (Å²) in [5, 5.41) is 0. The molecule has 0 aliphatic carbocycles. The van der Waals surface area contributed by atoms with Crippen molar-refractivity contribution in [2.45, 2.75) is 0 Å². The lowest BCUT2D eigenvalue weighted by molar-refractivity contribution is 0.415. The Balaban J connectivity index is 2.60. The van der Waals surface area contributed by atoms with Gasteiger partial charge in [-0.05, 0) is 29.8 Å². The van der Waals surface area contributed by atoms with Crippen molar-refractivity contribution >= 4 is 0 Å². The number of benzene rings is 1. The van der Waals surface area contributed by atoms with Crippen molar-refractivity contribution in [2.75, 3.05) is 7.11 Å². The van der Waals surface area contributed by atoms with Crippen molar-refractivity contribution in [3.8, 4) is 17.0 Å². The zero-order chi connectivity index (χ0) is 12.4. The van der Waals surface area contributed by atoms with Crippen molar-refractivity contribution < 1.29 is 4.74 Å². The van der Waals surface area contributed by atoms with E-state index in [1.165, 1.54) is 10.6 Å². The number of methoxy groups -OCH3 is 1. The molecule has 17 heavy (non-hydrogen) atoms. The van der Waals surface area contributed by atoms with Crippen LogP contribution in [0.4, 0.5) is 0 Å². The molecule has 1 aromatic heterocycles. The van der Waals surface area contributed by atoms with Crippen LogP contribution in [0.3, 0.4) is 0 Å². The first-order valence-electron chi connectivity index (χ1n) is 5.06. The van der Waals surface area contributed by atoms with Crippen LogP contribution >= 0.6 is 0 Å². The van der Waals surface area contributed by atoms with Gasteiger partial charge in [0, 0.05) is 13.1 Å². The normalized spacial score (nSPS) is 10.2. The number of hydrogen-bond donors (Lipinski definition) is 1. The van der Waals surface area contributed by atoms with Crippen LogP contribution < -0.4 is 16.0 Å². The first kappa shape index (κ1) is 11.2. The second-order valence-corrected chi connectivity index (χ2v) is 3.61. The van der Waals surface area contributed by atoms with Gasteiger partial charge in [0.2, 0.25) is 0 Å². The van der Waals surface area contributed by atoms with Gasteiger partial charge in [0.15, 0.2) is 0 Å². The summed E-state index contributed by atoms with van der Waals surface area (Å²) in [6, 6.07) is 8.55. The van der Waals surface area contributed by atoms with Crippen LogP contribution in [0.5, 0.6) is 5.75 Å². The highest BCUT2D eigenvalue weighted by Crippen LogP contribution is 2.19. The van der Waals surface area contributed by atoms with Crippen LogP contribution in [0.1, 0.15) is 0 Å². The zero-order valence-corrected chi connectivity index (χ0v) is 9.56. The predicted octanol–water partition coefficient (Wildman–Crippen LogP) is 0.749. The highest BCUT2D eigenvalue weighted by Gasteiger charge is 2.05. The molecule has 0 radical (unpaired) electrons. The van der Waals surface area contributed by atoms with Crippen molar-refractivity contribution in [1.82, 2.24) is 9.55 Å². The van der Waals surface area contributed by atoms with Gasteiger partial charge < -0.3 is 4.74 Å². The average molecular weight is 232 g/mol. The monoisotopic (exact) mass is 232 g/mol. The molecule has 0 fully saturated rings. The molecule has 1 aromatic carbocycles. The Morgan fingerprint density at radius 3 is 2.41 bits per heavy atom. The Morgan fingerprint density at radius 1 is 1.18 bits per heavy atom. The van der Waals surface area contributed by atoms with Crippen LogP contribution in [0.25, 0.3) is 11.3 Å². The molecule has 2 rings (SSSR count). The Hall–Kier alpha value is -2.30. The molecule has 5 heteroatoms. The molecule has 88 valence electrons. The van der Waals surface area contributed by atoms with E-state index < -0.39 is 11.2 Å². The summed E-state index contributed by atoms with van der Waals surface area (Å²) in [4.78, 5) is 24.9. The lowest BCUT2D eigenvalue weighted by Crippen LogP contribution is -2.28. The van der Waals surface area contributed by atoms with Crippen molar-refractivity contribution in [1.29, 1.82) is 0 Å². The zero-order valence-electron chi connectivity index (χ0n) is 9.56. The maximum Gasteiger partial charge on any atom is 0.328 e. The van der Waals surface area contributed by atoms with Gasteiger partial charge in [0.25, 0.3) is 5.56 Å². The fraction of sp³-hybridized carbons (Fsp3) is 0.167. The van der Waals surface area contributed by atoms with Crippen molar-refractivity contribution in [3.05, 3.63) is 51.2 Å². The third-order valence-corrected chi connectivity index (χ3v) is 2.55. The molecule has 0 saturated heterocycles. The highest BCUT2D eigenvalue weighted by atomic mass is 16.5. The standard InChI is InChI=1S/C12H12N2O3/c1-14-10(7-11(15)13-12(14)16)8-3-5-9(17-2)6-4-8/h3-7H,1-2H3,(H,13,15,16). The van der Waals surface area contributed by atoms with Gasteiger partial charge >= 0.3 is 5.69 Å². The minimum Gasteiger partial charge on any atom is -0.497 e. The van der Waals surface area contributed by atoms with Crippen LogP contribution in [-0.2, 0) is 7.05 Å². The van der Waals surface area contributed by atoms with E-state index in [1.807, 2.05) is 0 Å². The molecule has 1 heterocycles. The Morgan fingerprint density at radius 2 is 1.82 bits per heavy atom. The number of nitrogens with zero attached hydrogens (tertiary/aromatic N) is 1.